The first-order valence-electron chi connectivity index (χ1n) is 8.42. The van der Waals surface area contributed by atoms with Gasteiger partial charge in [0.25, 0.3) is 5.56 Å². The molecule has 0 unspecified atom stereocenters. The molecule has 0 bridgehead atoms. The topological polar surface area (TPSA) is 114 Å². The Morgan fingerprint density at radius 2 is 1.77 bits per heavy atom. The van der Waals surface area contributed by atoms with Crippen molar-refractivity contribution < 1.29 is 20.1 Å². The lowest BCUT2D eigenvalue weighted by atomic mass is 10.1. The number of benzene rings is 1. The Balaban J connectivity index is 1.86. The second kappa shape index (κ2) is 7.55. The van der Waals surface area contributed by atoms with E-state index in [-0.39, 0.29) is 6.54 Å². The molecule has 0 saturated carbocycles. The number of ether oxygens (including phenoxy) is 1. The van der Waals surface area contributed by atoms with Gasteiger partial charge >= 0.3 is 5.69 Å². The van der Waals surface area contributed by atoms with Gasteiger partial charge in [0.05, 0.1) is 6.61 Å². The molecule has 1 aromatic carbocycles. The molecule has 1 aliphatic heterocycles. The molecule has 3 rings (SSSR count). The third-order valence-corrected chi connectivity index (χ3v) is 4.63. The number of aliphatic hydroxyl groups excluding tert-OH is 3. The number of hydrogen-bond donors (Lipinski definition) is 3. The molecule has 8 heteroatoms. The number of nitrogens with zero attached hydrogens (tertiary/aromatic N) is 2. The monoisotopic (exact) mass is 362 g/mol. The Morgan fingerprint density at radius 1 is 1.08 bits per heavy atom. The maximum atomic E-state index is 12.7. The van der Waals surface area contributed by atoms with E-state index in [4.69, 9.17) is 4.74 Å². The Bertz CT molecular complexity index is 872. The van der Waals surface area contributed by atoms with Gasteiger partial charge in [0.1, 0.15) is 18.3 Å². The van der Waals surface area contributed by atoms with Crippen LogP contribution in [0.2, 0.25) is 0 Å². The zero-order valence-corrected chi connectivity index (χ0v) is 14.4. The molecule has 1 saturated heterocycles. The zero-order valence-electron chi connectivity index (χ0n) is 14.4. The second-order valence-electron chi connectivity index (χ2n) is 6.46. The van der Waals surface area contributed by atoms with E-state index in [0.717, 1.165) is 20.3 Å². The highest BCUT2D eigenvalue weighted by Crippen LogP contribution is 2.27. The molecule has 2 heterocycles. The predicted octanol–water partition coefficient (Wildman–Crippen LogP) is -0.827. The molecular weight excluding hydrogens is 340 g/mol. The quantitative estimate of drug-likeness (QED) is 0.640. The SMILES string of the molecule is Cc1ccc(CCn2c(=O)ccn([C@@H]3O[C@H](CO)[C@@H](O)[C@H]3O)c2=O)cc1. The summed E-state index contributed by atoms with van der Waals surface area (Å²) >= 11 is 0. The number of rotatable bonds is 5. The summed E-state index contributed by atoms with van der Waals surface area (Å²) in [5.74, 6) is 0. The molecule has 0 aliphatic carbocycles. The fourth-order valence-electron chi connectivity index (χ4n) is 3.04. The third-order valence-electron chi connectivity index (χ3n) is 4.63. The molecule has 3 N–H and O–H groups in total. The number of hydrogen-bond acceptors (Lipinski definition) is 6. The highest BCUT2D eigenvalue weighted by Gasteiger charge is 2.43. The van der Waals surface area contributed by atoms with E-state index in [1.54, 1.807) is 0 Å². The third kappa shape index (κ3) is 3.49. The Kier molecular flexibility index (Phi) is 5.38. The van der Waals surface area contributed by atoms with Gasteiger partial charge in [-0.1, -0.05) is 29.8 Å². The minimum absolute atomic E-state index is 0.177. The molecule has 1 aromatic heterocycles. The minimum Gasteiger partial charge on any atom is -0.394 e. The van der Waals surface area contributed by atoms with Gasteiger partial charge in [0.2, 0.25) is 0 Å². The highest BCUT2D eigenvalue weighted by molar-refractivity contribution is 5.21. The Labute approximate surface area is 149 Å². The Hall–Kier alpha value is -2.26. The molecule has 4 atom stereocenters. The van der Waals surface area contributed by atoms with Crippen molar-refractivity contribution in [3.63, 3.8) is 0 Å². The van der Waals surface area contributed by atoms with Gasteiger partial charge in [-0.2, -0.15) is 0 Å². The van der Waals surface area contributed by atoms with Crippen molar-refractivity contribution >= 4 is 0 Å². The number of aliphatic hydroxyl groups is 3. The first-order chi connectivity index (χ1) is 12.4. The van der Waals surface area contributed by atoms with E-state index < -0.39 is 42.4 Å². The van der Waals surface area contributed by atoms with Gasteiger partial charge in [0.15, 0.2) is 6.23 Å². The normalized spacial score (nSPS) is 25.5. The van der Waals surface area contributed by atoms with Gasteiger partial charge in [-0.15, -0.1) is 0 Å². The molecule has 8 nitrogen and oxygen atoms in total. The van der Waals surface area contributed by atoms with E-state index in [2.05, 4.69) is 0 Å². The lowest BCUT2D eigenvalue weighted by Gasteiger charge is -2.18. The van der Waals surface area contributed by atoms with Crippen LogP contribution in [0.1, 0.15) is 17.4 Å². The van der Waals surface area contributed by atoms with Crippen molar-refractivity contribution in [3.05, 3.63) is 68.5 Å². The summed E-state index contributed by atoms with van der Waals surface area (Å²) in [6, 6.07) is 9.01. The molecule has 26 heavy (non-hydrogen) atoms. The van der Waals surface area contributed by atoms with E-state index in [9.17, 15) is 24.9 Å². The lowest BCUT2D eigenvalue weighted by Crippen LogP contribution is -2.43. The average molecular weight is 362 g/mol. The largest absolute Gasteiger partial charge is 0.394 e. The fraction of sp³-hybridized carbons (Fsp3) is 0.444. The maximum Gasteiger partial charge on any atom is 0.333 e. The van der Waals surface area contributed by atoms with Crippen molar-refractivity contribution in [2.45, 2.75) is 44.4 Å². The number of aryl methyl sites for hydroxylation is 2. The summed E-state index contributed by atoms with van der Waals surface area (Å²) in [6.07, 6.45) is -3.13. The lowest BCUT2D eigenvalue weighted by molar-refractivity contribution is -0.0556. The van der Waals surface area contributed by atoms with Crippen molar-refractivity contribution in [3.8, 4) is 0 Å². The van der Waals surface area contributed by atoms with Crippen LogP contribution < -0.4 is 11.2 Å². The van der Waals surface area contributed by atoms with E-state index in [1.807, 2.05) is 31.2 Å². The van der Waals surface area contributed by atoms with Crippen molar-refractivity contribution in [2.75, 3.05) is 6.61 Å². The molecule has 0 amide bonds. The van der Waals surface area contributed by atoms with Crippen LogP contribution in [-0.2, 0) is 17.7 Å². The van der Waals surface area contributed by atoms with Gasteiger partial charge in [-0.3, -0.25) is 13.9 Å². The molecule has 0 spiro atoms. The van der Waals surface area contributed by atoms with Gasteiger partial charge in [0, 0.05) is 18.8 Å². The summed E-state index contributed by atoms with van der Waals surface area (Å²) in [7, 11) is 0. The zero-order chi connectivity index (χ0) is 18.8. The van der Waals surface area contributed by atoms with Crippen LogP contribution in [0.15, 0.2) is 46.1 Å². The van der Waals surface area contributed by atoms with E-state index >= 15 is 0 Å². The van der Waals surface area contributed by atoms with Crippen molar-refractivity contribution in [1.82, 2.24) is 9.13 Å². The molecule has 2 aromatic rings. The first-order valence-corrected chi connectivity index (χ1v) is 8.42. The molecule has 1 fully saturated rings. The Morgan fingerprint density at radius 3 is 2.38 bits per heavy atom. The van der Waals surface area contributed by atoms with Crippen LogP contribution in [0, 0.1) is 6.92 Å². The van der Waals surface area contributed by atoms with Gasteiger partial charge < -0.3 is 20.1 Å². The van der Waals surface area contributed by atoms with Crippen LogP contribution >= 0.6 is 0 Å². The van der Waals surface area contributed by atoms with Crippen LogP contribution in [0.25, 0.3) is 0 Å². The predicted molar refractivity (Wildman–Crippen MR) is 92.9 cm³/mol. The minimum atomic E-state index is -1.38. The maximum absolute atomic E-state index is 12.7. The van der Waals surface area contributed by atoms with Crippen LogP contribution in [0.3, 0.4) is 0 Å². The molecule has 140 valence electrons. The van der Waals surface area contributed by atoms with Crippen LogP contribution in [0.5, 0.6) is 0 Å². The summed E-state index contributed by atoms with van der Waals surface area (Å²) in [6.45, 7) is 1.66. The van der Waals surface area contributed by atoms with Crippen molar-refractivity contribution in [2.24, 2.45) is 0 Å². The fourth-order valence-corrected chi connectivity index (χ4v) is 3.04. The average Bonchev–Trinajstić information content (AvgIpc) is 2.91. The van der Waals surface area contributed by atoms with E-state index in [1.165, 1.54) is 12.3 Å². The molecular formula is C18H22N2O6. The summed E-state index contributed by atoms with van der Waals surface area (Å²) in [4.78, 5) is 24.8. The second-order valence-corrected chi connectivity index (χ2v) is 6.46. The summed E-state index contributed by atoms with van der Waals surface area (Å²) in [5.41, 5.74) is 1.02. The first kappa shape index (κ1) is 18.5. The smallest absolute Gasteiger partial charge is 0.333 e. The molecule has 1 aliphatic rings. The van der Waals surface area contributed by atoms with E-state index in [0.29, 0.717) is 6.42 Å². The standard InChI is InChI=1S/C18H22N2O6/c1-11-2-4-12(5-3-11)6-8-19-14(22)7-9-20(18(19)25)17-16(24)15(23)13(10-21)26-17/h2-5,7,9,13,15-17,21,23-24H,6,8,10H2,1H3/t13-,15-,16-,17-/m1/s1. The van der Waals surface area contributed by atoms with Crippen molar-refractivity contribution in [1.29, 1.82) is 0 Å². The van der Waals surface area contributed by atoms with Gasteiger partial charge in [-0.25, -0.2) is 4.79 Å². The summed E-state index contributed by atoms with van der Waals surface area (Å²) in [5, 5.41) is 29.1. The van der Waals surface area contributed by atoms with Gasteiger partial charge in [-0.05, 0) is 18.9 Å². The van der Waals surface area contributed by atoms with Crippen LogP contribution in [0.4, 0.5) is 0 Å². The highest BCUT2D eigenvalue weighted by atomic mass is 16.6. The molecule has 0 radical (unpaired) electrons. The summed E-state index contributed by atoms with van der Waals surface area (Å²) < 4.78 is 7.50. The number of aromatic nitrogens is 2. The van der Waals surface area contributed by atoms with Crippen LogP contribution in [-0.4, -0.2) is 49.4 Å².